The van der Waals surface area contributed by atoms with Gasteiger partial charge in [-0.1, -0.05) is 6.07 Å². The van der Waals surface area contributed by atoms with Crippen LogP contribution in [-0.4, -0.2) is 42.1 Å². The van der Waals surface area contributed by atoms with Gasteiger partial charge in [-0.15, -0.1) is 0 Å². The number of hydrogen-bond acceptors (Lipinski definition) is 3. The number of hydrogen-bond donors (Lipinski definition) is 1. The molecule has 3 fully saturated rings. The third-order valence-electron chi connectivity index (χ3n) is 6.63. The molecule has 0 radical (unpaired) electrons. The second-order valence-corrected chi connectivity index (χ2v) is 8.62. The van der Waals surface area contributed by atoms with Gasteiger partial charge in [-0.3, -0.25) is 4.79 Å². The summed E-state index contributed by atoms with van der Waals surface area (Å²) in [4.78, 5) is 14.5. The van der Waals surface area contributed by atoms with Crippen molar-refractivity contribution >= 4 is 5.91 Å². The van der Waals surface area contributed by atoms with E-state index in [1.807, 2.05) is 4.90 Å². The van der Waals surface area contributed by atoms with Crippen LogP contribution in [0.1, 0.15) is 62.8 Å². The van der Waals surface area contributed by atoms with Crippen molar-refractivity contribution in [1.29, 1.82) is 0 Å². The van der Waals surface area contributed by atoms with Crippen LogP contribution in [0.4, 0.5) is 8.78 Å². The van der Waals surface area contributed by atoms with Crippen LogP contribution < -0.4 is 5.73 Å². The fourth-order valence-electron chi connectivity index (χ4n) is 4.79. The molecule has 6 heteroatoms. The van der Waals surface area contributed by atoms with Crippen LogP contribution in [0.2, 0.25) is 0 Å². The van der Waals surface area contributed by atoms with E-state index in [2.05, 4.69) is 0 Å². The van der Waals surface area contributed by atoms with E-state index in [9.17, 15) is 13.6 Å². The van der Waals surface area contributed by atoms with Crippen molar-refractivity contribution in [2.24, 2.45) is 11.7 Å². The molecular formula is C22H30F2N2O2. The Kier molecular flexibility index (Phi) is 5.97. The maximum Gasteiger partial charge on any atom is 0.226 e. The topological polar surface area (TPSA) is 55.6 Å². The normalized spacial score (nSPS) is 31.0. The lowest BCUT2D eigenvalue weighted by molar-refractivity contribution is -0.139. The third kappa shape index (κ3) is 4.23. The molecule has 154 valence electrons. The molecule has 1 unspecified atom stereocenters. The minimum atomic E-state index is -0.452. The van der Waals surface area contributed by atoms with Crippen LogP contribution in [0.15, 0.2) is 18.2 Å². The van der Waals surface area contributed by atoms with Crippen molar-refractivity contribution in [3.63, 3.8) is 0 Å². The predicted octanol–water partition coefficient (Wildman–Crippen LogP) is 3.74. The largest absolute Gasteiger partial charge is 0.376 e. The number of likely N-dealkylation sites (tertiary alicyclic amines) is 1. The summed E-state index contributed by atoms with van der Waals surface area (Å²) >= 11 is 0. The maximum absolute atomic E-state index is 14.0. The predicted molar refractivity (Wildman–Crippen MR) is 103 cm³/mol. The number of nitrogens with two attached hydrogens (primary N) is 1. The SMILES string of the molecule is NC1CCCN(C(=O)C2CC2)[C@H]1CO[C@H]1CC[C@@H](c2c(F)cccc2F)CC1. The Labute approximate surface area is 165 Å². The highest BCUT2D eigenvalue weighted by Crippen LogP contribution is 2.37. The van der Waals surface area contributed by atoms with Gasteiger partial charge in [-0.2, -0.15) is 0 Å². The molecule has 2 saturated carbocycles. The molecule has 1 aromatic rings. The Hall–Kier alpha value is -1.53. The van der Waals surface area contributed by atoms with Crippen LogP contribution >= 0.6 is 0 Å². The maximum atomic E-state index is 14.0. The first-order valence-electron chi connectivity index (χ1n) is 10.7. The molecule has 4 nitrogen and oxygen atoms in total. The van der Waals surface area contributed by atoms with Crippen molar-refractivity contribution in [3.05, 3.63) is 35.4 Å². The standard InChI is InChI=1S/C22H30F2N2O2/c23-17-3-1-4-18(24)21(17)14-8-10-16(11-9-14)28-13-20-19(25)5-2-12-26(20)22(27)15-6-7-15/h1,3-4,14-16,19-20H,2,5-13,25H2/t14-,16+,19?,20-/m0/s1. The zero-order valence-corrected chi connectivity index (χ0v) is 16.3. The molecule has 1 amide bonds. The summed E-state index contributed by atoms with van der Waals surface area (Å²) in [7, 11) is 0. The first-order valence-corrected chi connectivity index (χ1v) is 10.7. The smallest absolute Gasteiger partial charge is 0.226 e. The van der Waals surface area contributed by atoms with Gasteiger partial charge in [0.15, 0.2) is 0 Å². The van der Waals surface area contributed by atoms with Crippen LogP contribution in [0.3, 0.4) is 0 Å². The number of amides is 1. The Balaban J connectivity index is 1.31. The van der Waals surface area contributed by atoms with E-state index in [1.54, 1.807) is 0 Å². The Morgan fingerprint density at radius 3 is 2.39 bits per heavy atom. The van der Waals surface area contributed by atoms with E-state index in [0.717, 1.165) is 45.1 Å². The highest BCUT2D eigenvalue weighted by atomic mass is 19.1. The fraction of sp³-hybridized carbons (Fsp3) is 0.682. The van der Waals surface area contributed by atoms with Crippen LogP contribution in [0.5, 0.6) is 0 Å². The van der Waals surface area contributed by atoms with Gasteiger partial charge in [-0.05, 0) is 69.4 Å². The number of benzene rings is 1. The van der Waals surface area contributed by atoms with E-state index in [-0.39, 0.29) is 41.5 Å². The summed E-state index contributed by atoms with van der Waals surface area (Å²) in [6.45, 7) is 1.24. The van der Waals surface area contributed by atoms with Gasteiger partial charge in [-0.25, -0.2) is 8.78 Å². The molecule has 0 aromatic heterocycles. The van der Waals surface area contributed by atoms with E-state index in [0.29, 0.717) is 19.4 Å². The van der Waals surface area contributed by atoms with Gasteiger partial charge in [0.05, 0.1) is 18.8 Å². The molecule has 2 atom stereocenters. The number of nitrogens with zero attached hydrogens (tertiary/aromatic N) is 1. The number of ether oxygens (including phenoxy) is 1. The lowest BCUT2D eigenvalue weighted by Gasteiger charge is -2.41. The number of piperidine rings is 1. The zero-order valence-electron chi connectivity index (χ0n) is 16.3. The zero-order chi connectivity index (χ0) is 19.7. The number of halogens is 2. The molecule has 1 aromatic carbocycles. The van der Waals surface area contributed by atoms with E-state index >= 15 is 0 Å². The number of rotatable bonds is 5. The summed E-state index contributed by atoms with van der Waals surface area (Å²) in [5.41, 5.74) is 6.54. The summed E-state index contributed by atoms with van der Waals surface area (Å²) in [6.07, 6.45) is 6.90. The van der Waals surface area contributed by atoms with Crippen molar-refractivity contribution in [2.75, 3.05) is 13.2 Å². The molecule has 4 rings (SSSR count). The summed E-state index contributed by atoms with van der Waals surface area (Å²) in [6, 6.07) is 3.97. The van der Waals surface area contributed by atoms with E-state index < -0.39 is 11.6 Å². The van der Waals surface area contributed by atoms with E-state index in [4.69, 9.17) is 10.5 Å². The van der Waals surface area contributed by atoms with Crippen LogP contribution in [-0.2, 0) is 9.53 Å². The molecule has 2 N–H and O–H groups in total. The molecular weight excluding hydrogens is 362 g/mol. The lowest BCUT2D eigenvalue weighted by atomic mass is 9.82. The molecule has 2 aliphatic carbocycles. The monoisotopic (exact) mass is 392 g/mol. The second kappa shape index (κ2) is 8.46. The van der Waals surface area contributed by atoms with Crippen LogP contribution in [0.25, 0.3) is 0 Å². The fourth-order valence-corrected chi connectivity index (χ4v) is 4.79. The summed E-state index contributed by atoms with van der Waals surface area (Å²) in [5.74, 6) is -0.564. The summed E-state index contributed by atoms with van der Waals surface area (Å²) < 4.78 is 34.2. The van der Waals surface area contributed by atoms with Crippen molar-refractivity contribution < 1.29 is 18.3 Å². The molecule has 28 heavy (non-hydrogen) atoms. The van der Waals surface area contributed by atoms with Crippen LogP contribution in [0, 0.1) is 17.6 Å². The summed E-state index contributed by atoms with van der Waals surface area (Å²) in [5, 5.41) is 0. The molecule has 1 heterocycles. The third-order valence-corrected chi connectivity index (χ3v) is 6.63. The van der Waals surface area contributed by atoms with Crippen molar-refractivity contribution in [2.45, 2.75) is 75.5 Å². The molecule has 0 bridgehead atoms. The molecule has 1 saturated heterocycles. The highest BCUT2D eigenvalue weighted by molar-refractivity contribution is 5.81. The minimum Gasteiger partial charge on any atom is -0.376 e. The average Bonchev–Trinajstić information content (AvgIpc) is 3.52. The Morgan fingerprint density at radius 2 is 1.75 bits per heavy atom. The Morgan fingerprint density at radius 1 is 1.07 bits per heavy atom. The molecule has 3 aliphatic rings. The minimum absolute atomic E-state index is 0.0414. The van der Waals surface area contributed by atoms with Gasteiger partial charge < -0.3 is 15.4 Å². The molecule has 1 aliphatic heterocycles. The van der Waals surface area contributed by atoms with Gasteiger partial charge >= 0.3 is 0 Å². The lowest BCUT2D eigenvalue weighted by Crippen LogP contribution is -2.57. The van der Waals surface area contributed by atoms with Gasteiger partial charge in [0.1, 0.15) is 11.6 Å². The molecule has 0 spiro atoms. The first-order chi connectivity index (χ1) is 13.5. The van der Waals surface area contributed by atoms with Crippen molar-refractivity contribution in [1.82, 2.24) is 4.90 Å². The van der Waals surface area contributed by atoms with Gasteiger partial charge in [0, 0.05) is 24.1 Å². The Bertz CT molecular complexity index is 682. The van der Waals surface area contributed by atoms with Crippen molar-refractivity contribution in [3.8, 4) is 0 Å². The highest BCUT2D eigenvalue weighted by Gasteiger charge is 2.40. The second-order valence-electron chi connectivity index (χ2n) is 8.62. The number of carbonyl (C=O) groups excluding carboxylic acids is 1. The average molecular weight is 392 g/mol. The van der Waals surface area contributed by atoms with Gasteiger partial charge in [0.25, 0.3) is 0 Å². The van der Waals surface area contributed by atoms with E-state index in [1.165, 1.54) is 18.2 Å². The number of carbonyl (C=O) groups is 1. The van der Waals surface area contributed by atoms with Gasteiger partial charge in [0.2, 0.25) is 5.91 Å². The first kappa shape index (κ1) is 19.8. The quantitative estimate of drug-likeness (QED) is 0.831.